The molecule has 0 aliphatic heterocycles. The summed E-state index contributed by atoms with van der Waals surface area (Å²) in [6.45, 7) is 9.85. The van der Waals surface area contributed by atoms with Crippen molar-refractivity contribution in [1.29, 1.82) is 0 Å². The van der Waals surface area contributed by atoms with Crippen LogP contribution in [-0.4, -0.2) is 17.7 Å². The SMILES string of the molecule is C/C(=C\C(=O)OCc1ccccc1)Nc1ccc(CNC(=O)OC(C)(C)C)cc1C. The van der Waals surface area contributed by atoms with Gasteiger partial charge >= 0.3 is 12.1 Å². The van der Waals surface area contributed by atoms with Crippen LogP contribution in [0.5, 0.6) is 0 Å². The molecule has 0 radical (unpaired) electrons. The zero-order chi connectivity index (χ0) is 22.1. The lowest BCUT2D eigenvalue weighted by molar-refractivity contribution is -0.139. The van der Waals surface area contributed by atoms with E-state index in [-0.39, 0.29) is 6.61 Å². The standard InChI is InChI=1S/C24H30N2O4/c1-17-13-20(15-25-23(28)30-24(3,4)5)11-12-21(17)26-18(2)14-22(27)29-16-19-9-7-6-8-10-19/h6-14,26H,15-16H2,1-5H3,(H,25,28)/b18-14+. The molecule has 2 aromatic rings. The molecule has 0 atom stereocenters. The van der Waals surface area contributed by atoms with Crippen LogP contribution in [0.2, 0.25) is 0 Å². The van der Waals surface area contributed by atoms with Gasteiger partial charge in [-0.25, -0.2) is 9.59 Å². The fourth-order valence-corrected chi connectivity index (χ4v) is 2.66. The van der Waals surface area contributed by atoms with Gasteiger partial charge in [-0.05, 0) is 57.4 Å². The molecule has 0 saturated carbocycles. The first kappa shape index (κ1) is 23.0. The Hall–Kier alpha value is -3.28. The highest BCUT2D eigenvalue weighted by molar-refractivity contribution is 5.83. The number of anilines is 1. The van der Waals surface area contributed by atoms with Gasteiger partial charge < -0.3 is 20.1 Å². The fraction of sp³-hybridized carbons (Fsp3) is 0.333. The molecule has 0 heterocycles. The molecule has 1 amide bonds. The number of hydrogen-bond donors (Lipinski definition) is 2. The van der Waals surface area contributed by atoms with E-state index in [4.69, 9.17) is 9.47 Å². The summed E-state index contributed by atoms with van der Waals surface area (Å²) in [6, 6.07) is 15.3. The van der Waals surface area contributed by atoms with Crippen LogP contribution in [0.4, 0.5) is 10.5 Å². The van der Waals surface area contributed by atoms with Gasteiger partial charge in [-0.1, -0.05) is 42.5 Å². The van der Waals surface area contributed by atoms with Gasteiger partial charge in [0.1, 0.15) is 12.2 Å². The molecule has 0 aromatic heterocycles. The Kier molecular flexibility index (Phi) is 8.04. The minimum Gasteiger partial charge on any atom is -0.458 e. The van der Waals surface area contributed by atoms with Crippen molar-refractivity contribution in [2.45, 2.75) is 53.4 Å². The highest BCUT2D eigenvalue weighted by atomic mass is 16.6. The van der Waals surface area contributed by atoms with E-state index in [2.05, 4.69) is 10.6 Å². The smallest absolute Gasteiger partial charge is 0.407 e. The molecular formula is C24H30N2O4. The molecule has 2 N–H and O–H groups in total. The van der Waals surface area contributed by atoms with Gasteiger partial charge in [0.15, 0.2) is 0 Å². The summed E-state index contributed by atoms with van der Waals surface area (Å²) < 4.78 is 10.5. The number of hydrogen-bond acceptors (Lipinski definition) is 5. The van der Waals surface area contributed by atoms with Crippen molar-refractivity contribution in [1.82, 2.24) is 5.32 Å². The molecule has 0 spiro atoms. The molecule has 2 aromatic carbocycles. The van der Waals surface area contributed by atoms with E-state index in [0.717, 1.165) is 22.4 Å². The maximum absolute atomic E-state index is 12.0. The number of carbonyl (C=O) groups is 2. The van der Waals surface area contributed by atoms with E-state index in [1.165, 1.54) is 6.08 Å². The molecule has 160 valence electrons. The van der Waals surface area contributed by atoms with Crippen LogP contribution in [-0.2, 0) is 27.4 Å². The van der Waals surface area contributed by atoms with E-state index in [1.807, 2.05) is 76.2 Å². The number of amides is 1. The molecule has 0 aliphatic rings. The summed E-state index contributed by atoms with van der Waals surface area (Å²) in [4.78, 5) is 23.8. The van der Waals surface area contributed by atoms with Crippen molar-refractivity contribution in [3.63, 3.8) is 0 Å². The van der Waals surface area contributed by atoms with Gasteiger partial charge in [-0.15, -0.1) is 0 Å². The zero-order valence-electron chi connectivity index (χ0n) is 18.2. The fourth-order valence-electron chi connectivity index (χ4n) is 2.66. The van der Waals surface area contributed by atoms with Crippen LogP contribution in [0.15, 0.2) is 60.3 Å². The monoisotopic (exact) mass is 410 g/mol. The Morgan fingerprint density at radius 3 is 2.37 bits per heavy atom. The predicted octanol–water partition coefficient (Wildman–Crippen LogP) is 5.08. The second kappa shape index (κ2) is 10.5. The van der Waals surface area contributed by atoms with Gasteiger partial charge in [0.25, 0.3) is 0 Å². The van der Waals surface area contributed by atoms with E-state index < -0.39 is 17.7 Å². The van der Waals surface area contributed by atoms with E-state index >= 15 is 0 Å². The normalized spacial score (nSPS) is 11.6. The van der Waals surface area contributed by atoms with Gasteiger partial charge in [-0.3, -0.25) is 0 Å². The van der Waals surface area contributed by atoms with Crippen molar-refractivity contribution in [3.8, 4) is 0 Å². The predicted molar refractivity (Wildman–Crippen MR) is 118 cm³/mol. The van der Waals surface area contributed by atoms with Crippen LogP contribution >= 0.6 is 0 Å². The summed E-state index contributed by atoms with van der Waals surface area (Å²) in [7, 11) is 0. The van der Waals surface area contributed by atoms with Crippen LogP contribution in [0.1, 0.15) is 44.4 Å². The van der Waals surface area contributed by atoms with Crippen molar-refractivity contribution < 1.29 is 19.1 Å². The van der Waals surface area contributed by atoms with Gasteiger partial charge in [0, 0.05) is 24.0 Å². The highest BCUT2D eigenvalue weighted by Crippen LogP contribution is 2.18. The molecule has 6 nitrogen and oxygen atoms in total. The number of alkyl carbamates (subject to hydrolysis) is 1. The Balaban J connectivity index is 1.87. The lowest BCUT2D eigenvalue weighted by Crippen LogP contribution is -2.32. The van der Waals surface area contributed by atoms with E-state index in [1.54, 1.807) is 6.92 Å². The Labute approximate surface area is 178 Å². The molecule has 30 heavy (non-hydrogen) atoms. The maximum atomic E-state index is 12.0. The summed E-state index contributed by atoms with van der Waals surface area (Å²) >= 11 is 0. The number of rotatable bonds is 7. The van der Waals surface area contributed by atoms with Crippen molar-refractivity contribution in [2.75, 3.05) is 5.32 Å². The minimum atomic E-state index is -0.528. The van der Waals surface area contributed by atoms with Crippen molar-refractivity contribution >= 4 is 17.7 Å². The van der Waals surface area contributed by atoms with Crippen molar-refractivity contribution in [2.24, 2.45) is 0 Å². The average molecular weight is 411 g/mol. The average Bonchev–Trinajstić information content (AvgIpc) is 2.66. The first-order valence-electron chi connectivity index (χ1n) is 9.85. The van der Waals surface area contributed by atoms with Gasteiger partial charge in [-0.2, -0.15) is 0 Å². The number of benzene rings is 2. The molecule has 0 unspecified atom stereocenters. The molecule has 2 rings (SSSR count). The molecular weight excluding hydrogens is 380 g/mol. The van der Waals surface area contributed by atoms with E-state index in [0.29, 0.717) is 12.2 Å². The third-order valence-corrected chi connectivity index (χ3v) is 4.02. The Morgan fingerprint density at radius 1 is 1.03 bits per heavy atom. The quantitative estimate of drug-likeness (QED) is 0.492. The summed E-state index contributed by atoms with van der Waals surface area (Å²) in [5.41, 5.74) is 3.91. The molecule has 0 fully saturated rings. The number of aryl methyl sites for hydroxylation is 1. The number of nitrogens with one attached hydrogen (secondary N) is 2. The van der Waals surface area contributed by atoms with Crippen LogP contribution < -0.4 is 10.6 Å². The number of esters is 1. The van der Waals surface area contributed by atoms with Crippen LogP contribution in [0.25, 0.3) is 0 Å². The second-order valence-corrected chi connectivity index (χ2v) is 8.05. The van der Waals surface area contributed by atoms with Gasteiger partial charge in [0.05, 0.1) is 0 Å². The van der Waals surface area contributed by atoms with Crippen LogP contribution in [0.3, 0.4) is 0 Å². The summed E-state index contributed by atoms with van der Waals surface area (Å²) in [5.74, 6) is -0.403. The summed E-state index contributed by atoms with van der Waals surface area (Å²) in [5, 5.41) is 5.95. The lowest BCUT2D eigenvalue weighted by Gasteiger charge is -2.19. The molecule has 0 aliphatic carbocycles. The van der Waals surface area contributed by atoms with Crippen molar-refractivity contribution in [3.05, 3.63) is 77.0 Å². The Bertz CT molecular complexity index is 899. The zero-order valence-corrected chi connectivity index (χ0v) is 18.2. The van der Waals surface area contributed by atoms with Gasteiger partial charge in [0.2, 0.25) is 0 Å². The topological polar surface area (TPSA) is 76.7 Å². The minimum absolute atomic E-state index is 0.238. The first-order valence-corrected chi connectivity index (χ1v) is 9.85. The maximum Gasteiger partial charge on any atom is 0.407 e. The third kappa shape index (κ3) is 8.39. The number of allylic oxidation sites excluding steroid dienone is 1. The van der Waals surface area contributed by atoms with E-state index in [9.17, 15) is 9.59 Å². The van der Waals surface area contributed by atoms with Crippen LogP contribution in [0, 0.1) is 6.92 Å². The number of ether oxygens (including phenoxy) is 2. The molecule has 0 saturated heterocycles. The number of carbonyl (C=O) groups excluding carboxylic acids is 2. The Morgan fingerprint density at radius 2 is 1.73 bits per heavy atom. The molecule has 6 heteroatoms. The third-order valence-electron chi connectivity index (χ3n) is 4.02. The molecule has 0 bridgehead atoms. The largest absolute Gasteiger partial charge is 0.458 e. The lowest BCUT2D eigenvalue weighted by atomic mass is 10.1. The second-order valence-electron chi connectivity index (χ2n) is 8.05. The summed E-state index contributed by atoms with van der Waals surface area (Å²) in [6.07, 6.45) is 0.982. The first-order chi connectivity index (χ1) is 14.1. The highest BCUT2D eigenvalue weighted by Gasteiger charge is 2.15.